The summed E-state index contributed by atoms with van der Waals surface area (Å²) in [5, 5.41) is 3.18. The van der Waals surface area contributed by atoms with Crippen LogP contribution in [0.25, 0.3) is 0 Å². The van der Waals surface area contributed by atoms with Crippen molar-refractivity contribution in [2.75, 3.05) is 20.1 Å². The van der Waals surface area contributed by atoms with Gasteiger partial charge in [0.2, 0.25) is 0 Å². The second kappa shape index (κ2) is 5.14. The fourth-order valence-electron chi connectivity index (χ4n) is 2.16. The van der Waals surface area contributed by atoms with E-state index in [0.717, 1.165) is 19.4 Å². The molecule has 1 amide bonds. The number of likely N-dealkylation sites (tertiary alicyclic amines) is 1. The second-order valence-corrected chi connectivity index (χ2v) is 4.29. The van der Waals surface area contributed by atoms with Gasteiger partial charge in [0.25, 0.3) is 11.5 Å². The van der Waals surface area contributed by atoms with Gasteiger partial charge in [0.05, 0.1) is 0 Å². The zero-order valence-electron chi connectivity index (χ0n) is 9.90. The molecule has 2 heterocycles. The third-order valence-electron chi connectivity index (χ3n) is 3.17. The lowest BCUT2D eigenvalue weighted by Crippen LogP contribution is -2.47. The summed E-state index contributed by atoms with van der Waals surface area (Å²) in [7, 11) is 1.90. The molecule has 1 aromatic rings. The molecule has 17 heavy (non-hydrogen) atoms. The number of hydrogen-bond acceptors (Lipinski definition) is 3. The third-order valence-corrected chi connectivity index (χ3v) is 3.17. The van der Waals surface area contributed by atoms with Crippen LogP contribution in [-0.4, -0.2) is 42.0 Å². The van der Waals surface area contributed by atoms with E-state index >= 15 is 0 Å². The lowest BCUT2D eigenvalue weighted by molar-refractivity contribution is 0.0696. The van der Waals surface area contributed by atoms with E-state index in [2.05, 4.69) is 10.3 Å². The second-order valence-electron chi connectivity index (χ2n) is 4.29. The molecule has 0 spiro atoms. The van der Waals surface area contributed by atoms with Gasteiger partial charge in [0.1, 0.15) is 5.56 Å². The number of H-pyrrole nitrogens is 1. The molecule has 0 radical (unpaired) electrons. The Morgan fingerprint density at radius 3 is 3.12 bits per heavy atom. The first-order valence-electron chi connectivity index (χ1n) is 5.86. The van der Waals surface area contributed by atoms with E-state index in [1.807, 2.05) is 7.05 Å². The first kappa shape index (κ1) is 11.9. The average molecular weight is 235 g/mol. The van der Waals surface area contributed by atoms with Gasteiger partial charge in [-0.3, -0.25) is 9.59 Å². The molecule has 92 valence electrons. The van der Waals surface area contributed by atoms with Crippen molar-refractivity contribution in [3.63, 3.8) is 0 Å². The van der Waals surface area contributed by atoms with Gasteiger partial charge >= 0.3 is 0 Å². The van der Waals surface area contributed by atoms with Crippen molar-refractivity contribution >= 4 is 5.91 Å². The minimum atomic E-state index is -0.316. The summed E-state index contributed by atoms with van der Waals surface area (Å²) in [6.07, 6.45) is 3.58. The molecule has 5 nitrogen and oxygen atoms in total. The van der Waals surface area contributed by atoms with Gasteiger partial charge in [0.15, 0.2) is 0 Å². The van der Waals surface area contributed by atoms with Crippen LogP contribution in [0.15, 0.2) is 23.1 Å². The number of rotatable bonds is 2. The molecule has 1 saturated heterocycles. The number of piperidine rings is 1. The Morgan fingerprint density at radius 1 is 1.59 bits per heavy atom. The lowest BCUT2D eigenvalue weighted by atomic mass is 10.1. The van der Waals surface area contributed by atoms with Gasteiger partial charge < -0.3 is 15.2 Å². The summed E-state index contributed by atoms with van der Waals surface area (Å²) in [6.45, 7) is 1.40. The van der Waals surface area contributed by atoms with E-state index in [-0.39, 0.29) is 17.0 Å². The monoisotopic (exact) mass is 235 g/mol. The maximum Gasteiger partial charge on any atom is 0.260 e. The molecule has 1 aliphatic rings. The zero-order valence-corrected chi connectivity index (χ0v) is 9.90. The van der Waals surface area contributed by atoms with E-state index in [9.17, 15) is 9.59 Å². The van der Waals surface area contributed by atoms with Crippen molar-refractivity contribution in [1.82, 2.24) is 15.2 Å². The number of carbonyl (C=O) groups is 1. The number of nitrogens with zero attached hydrogens (tertiary/aromatic N) is 1. The van der Waals surface area contributed by atoms with Gasteiger partial charge in [-0.1, -0.05) is 0 Å². The summed E-state index contributed by atoms with van der Waals surface area (Å²) >= 11 is 0. The maximum absolute atomic E-state index is 12.2. The first-order chi connectivity index (χ1) is 8.22. The van der Waals surface area contributed by atoms with E-state index in [0.29, 0.717) is 12.6 Å². The highest BCUT2D eigenvalue weighted by atomic mass is 16.2. The van der Waals surface area contributed by atoms with E-state index in [1.54, 1.807) is 17.0 Å². The van der Waals surface area contributed by atoms with Gasteiger partial charge in [-0.15, -0.1) is 0 Å². The van der Waals surface area contributed by atoms with Crippen molar-refractivity contribution in [1.29, 1.82) is 0 Å². The smallest absolute Gasteiger partial charge is 0.260 e. The van der Waals surface area contributed by atoms with Crippen LogP contribution in [-0.2, 0) is 0 Å². The quantitative estimate of drug-likeness (QED) is 0.769. The fourth-order valence-corrected chi connectivity index (χ4v) is 2.16. The molecule has 0 aliphatic carbocycles. The van der Waals surface area contributed by atoms with Gasteiger partial charge in [-0.25, -0.2) is 0 Å². The largest absolute Gasteiger partial charge is 0.337 e. The molecule has 1 aliphatic heterocycles. The molecule has 1 unspecified atom stereocenters. The van der Waals surface area contributed by atoms with Gasteiger partial charge in [-0.05, 0) is 32.0 Å². The van der Waals surface area contributed by atoms with Crippen molar-refractivity contribution in [2.24, 2.45) is 0 Å². The van der Waals surface area contributed by atoms with Crippen molar-refractivity contribution < 1.29 is 4.79 Å². The van der Waals surface area contributed by atoms with Crippen LogP contribution >= 0.6 is 0 Å². The highest BCUT2D eigenvalue weighted by molar-refractivity contribution is 5.93. The molecule has 5 heteroatoms. The number of amides is 1. The highest BCUT2D eigenvalue weighted by Gasteiger charge is 2.24. The van der Waals surface area contributed by atoms with Crippen LogP contribution in [0.5, 0.6) is 0 Å². The van der Waals surface area contributed by atoms with Crippen LogP contribution < -0.4 is 10.9 Å². The topological polar surface area (TPSA) is 65.2 Å². The number of likely N-dealkylation sites (N-methyl/N-ethyl adjacent to an activating group) is 1. The van der Waals surface area contributed by atoms with E-state index in [1.165, 1.54) is 6.20 Å². The predicted molar refractivity (Wildman–Crippen MR) is 65.0 cm³/mol. The molecule has 2 N–H and O–H groups in total. The molecule has 1 fully saturated rings. The Kier molecular flexibility index (Phi) is 3.58. The average Bonchev–Trinajstić information content (AvgIpc) is 2.38. The van der Waals surface area contributed by atoms with Crippen molar-refractivity contribution in [3.8, 4) is 0 Å². The van der Waals surface area contributed by atoms with E-state index < -0.39 is 0 Å². The van der Waals surface area contributed by atoms with Gasteiger partial charge in [-0.2, -0.15) is 0 Å². The molecule has 2 rings (SSSR count). The molecule has 0 bridgehead atoms. The predicted octanol–water partition coefficient (Wildman–Crippen LogP) is 0.199. The number of carbonyl (C=O) groups excluding carboxylic acids is 1. The standard InChI is InChI=1S/C12H17N3O2/c1-13-9-4-3-7-15(8-9)12(17)10-5-2-6-14-11(10)16/h2,5-6,9,13H,3-4,7-8H2,1H3,(H,14,16). The maximum atomic E-state index is 12.2. The Balaban J connectivity index is 2.15. The number of hydrogen-bond donors (Lipinski definition) is 2. The van der Waals surface area contributed by atoms with Crippen molar-refractivity contribution in [3.05, 3.63) is 34.2 Å². The van der Waals surface area contributed by atoms with Crippen LogP contribution in [0, 0.1) is 0 Å². The van der Waals surface area contributed by atoms with Gasteiger partial charge in [0, 0.05) is 25.3 Å². The number of pyridine rings is 1. The zero-order chi connectivity index (χ0) is 12.3. The third kappa shape index (κ3) is 2.55. The van der Waals surface area contributed by atoms with Crippen LogP contribution in [0.2, 0.25) is 0 Å². The Bertz CT molecular complexity index is 455. The summed E-state index contributed by atoms with van der Waals surface area (Å²) in [5.41, 5.74) is -0.0895. The minimum Gasteiger partial charge on any atom is -0.337 e. The SMILES string of the molecule is CNC1CCCN(C(=O)c2ccc[nH]c2=O)C1. The minimum absolute atomic E-state index is 0.174. The van der Waals surface area contributed by atoms with Crippen LogP contribution in [0.1, 0.15) is 23.2 Å². The van der Waals surface area contributed by atoms with E-state index in [4.69, 9.17) is 0 Å². The summed E-state index contributed by atoms with van der Waals surface area (Å²) in [5.74, 6) is -0.174. The molecule has 0 aromatic carbocycles. The molecular formula is C12H17N3O2. The summed E-state index contributed by atoms with van der Waals surface area (Å²) in [4.78, 5) is 28.0. The summed E-state index contributed by atoms with van der Waals surface area (Å²) < 4.78 is 0. The fraction of sp³-hybridized carbons (Fsp3) is 0.500. The number of aromatic amines is 1. The first-order valence-corrected chi connectivity index (χ1v) is 5.86. The normalized spacial score (nSPS) is 20.3. The van der Waals surface area contributed by atoms with Crippen LogP contribution in [0.3, 0.4) is 0 Å². The molecule has 1 atom stereocenters. The highest BCUT2D eigenvalue weighted by Crippen LogP contribution is 2.11. The Labute approximate surface area is 99.8 Å². The molecule has 0 saturated carbocycles. The molecule has 1 aromatic heterocycles. The van der Waals surface area contributed by atoms with Crippen molar-refractivity contribution in [2.45, 2.75) is 18.9 Å². The van der Waals surface area contributed by atoms with Crippen LogP contribution in [0.4, 0.5) is 0 Å². The summed E-state index contributed by atoms with van der Waals surface area (Å²) in [6, 6.07) is 3.58. The lowest BCUT2D eigenvalue weighted by Gasteiger charge is -2.32. The Morgan fingerprint density at radius 2 is 2.41 bits per heavy atom. The Hall–Kier alpha value is -1.62. The number of aromatic nitrogens is 1. The molecular weight excluding hydrogens is 218 g/mol. The number of nitrogens with one attached hydrogen (secondary N) is 2.